The fraction of sp³-hybridized carbons (Fsp3) is 0.364. The number of amides is 1. The zero-order valence-electron chi connectivity index (χ0n) is 10.1. The predicted molar refractivity (Wildman–Crippen MR) is 81.2 cm³/mol. The molecule has 0 spiro atoms. The van der Waals surface area contributed by atoms with E-state index in [1.807, 2.05) is 0 Å². The number of ether oxygens (including phenoxy) is 1. The SMILES string of the molecule is CNCC(=O)NCCOc1c(Cl)cc(Cl)cc1Cl.Cl. The molecule has 0 aliphatic rings. The summed E-state index contributed by atoms with van der Waals surface area (Å²) in [6.45, 7) is 0.911. The van der Waals surface area contributed by atoms with Crippen LogP contribution >= 0.6 is 47.2 Å². The second kappa shape index (κ2) is 9.50. The van der Waals surface area contributed by atoms with E-state index in [1.54, 1.807) is 19.2 Å². The van der Waals surface area contributed by atoms with Gasteiger partial charge < -0.3 is 15.4 Å². The summed E-state index contributed by atoms with van der Waals surface area (Å²) >= 11 is 17.6. The Morgan fingerprint density at radius 2 is 1.84 bits per heavy atom. The fourth-order valence-corrected chi connectivity index (χ4v) is 2.16. The minimum Gasteiger partial charge on any atom is -0.489 e. The standard InChI is InChI=1S/C11H13Cl3N2O2.ClH/c1-15-6-10(17)16-2-3-18-11-8(13)4-7(12)5-9(11)14;/h4-5,15H,2-3,6H2,1H3,(H,16,17);1H. The number of carbonyl (C=O) groups excluding carboxylic acids is 1. The third-order valence-corrected chi connectivity index (χ3v) is 2.75. The van der Waals surface area contributed by atoms with E-state index < -0.39 is 0 Å². The van der Waals surface area contributed by atoms with Gasteiger partial charge in [-0.1, -0.05) is 34.8 Å². The zero-order chi connectivity index (χ0) is 13.5. The van der Waals surface area contributed by atoms with E-state index >= 15 is 0 Å². The number of rotatable bonds is 6. The molecule has 0 radical (unpaired) electrons. The molecule has 8 heteroatoms. The van der Waals surface area contributed by atoms with Crippen molar-refractivity contribution in [1.29, 1.82) is 0 Å². The number of hydrogen-bond donors (Lipinski definition) is 2. The van der Waals surface area contributed by atoms with Gasteiger partial charge in [-0.2, -0.15) is 0 Å². The van der Waals surface area contributed by atoms with Crippen molar-refractivity contribution in [3.63, 3.8) is 0 Å². The smallest absolute Gasteiger partial charge is 0.234 e. The summed E-state index contributed by atoms with van der Waals surface area (Å²) in [5.74, 6) is 0.264. The second-order valence-electron chi connectivity index (χ2n) is 3.43. The van der Waals surface area contributed by atoms with Crippen LogP contribution in [0.25, 0.3) is 0 Å². The topological polar surface area (TPSA) is 50.4 Å². The lowest BCUT2D eigenvalue weighted by molar-refractivity contribution is -0.120. The third kappa shape index (κ3) is 6.54. The fourth-order valence-electron chi connectivity index (χ4n) is 1.23. The Labute approximate surface area is 133 Å². The van der Waals surface area contributed by atoms with Gasteiger partial charge in [0.05, 0.1) is 23.1 Å². The number of likely N-dealkylation sites (N-methyl/N-ethyl adjacent to an activating group) is 1. The monoisotopic (exact) mass is 346 g/mol. The van der Waals surface area contributed by atoms with E-state index in [4.69, 9.17) is 39.5 Å². The molecule has 2 N–H and O–H groups in total. The van der Waals surface area contributed by atoms with E-state index in [9.17, 15) is 4.79 Å². The maximum absolute atomic E-state index is 11.1. The van der Waals surface area contributed by atoms with Crippen LogP contribution in [0.2, 0.25) is 15.1 Å². The highest BCUT2D eigenvalue weighted by Crippen LogP contribution is 2.35. The molecule has 0 heterocycles. The number of nitrogens with one attached hydrogen (secondary N) is 2. The number of benzene rings is 1. The summed E-state index contributed by atoms with van der Waals surface area (Å²) in [4.78, 5) is 11.1. The summed E-state index contributed by atoms with van der Waals surface area (Å²) in [5, 5.41) is 6.53. The lowest BCUT2D eigenvalue weighted by Gasteiger charge is -2.11. The summed E-state index contributed by atoms with van der Waals surface area (Å²) in [6.07, 6.45) is 0. The van der Waals surface area contributed by atoms with Crippen LogP contribution in [0.15, 0.2) is 12.1 Å². The first-order chi connectivity index (χ1) is 8.54. The first-order valence-corrected chi connectivity index (χ1v) is 6.36. The molecule has 0 aliphatic heterocycles. The van der Waals surface area contributed by atoms with Crippen molar-refractivity contribution in [3.8, 4) is 5.75 Å². The Hall–Kier alpha value is -0.390. The molecule has 0 unspecified atom stereocenters. The lowest BCUT2D eigenvalue weighted by atomic mass is 10.3. The molecule has 1 amide bonds. The molecule has 19 heavy (non-hydrogen) atoms. The van der Waals surface area contributed by atoms with Crippen LogP contribution < -0.4 is 15.4 Å². The third-order valence-electron chi connectivity index (χ3n) is 1.97. The van der Waals surface area contributed by atoms with E-state index in [2.05, 4.69) is 10.6 Å². The van der Waals surface area contributed by atoms with Crippen LogP contribution in [0.5, 0.6) is 5.75 Å². The normalized spacial score (nSPS) is 9.68. The Morgan fingerprint density at radius 3 is 2.37 bits per heavy atom. The van der Waals surface area contributed by atoms with Crippen LogP contribution in [0.3, 0.4) is 0 Å². The molecule has 0 bridgehead atoms. The van der Waals surface area contributed by atoms with Crippen LogP contribution in [-0.2, 0) is 4.79 Å². The number of carbonyl (C=O) groups is 1. The van der Waals surface area contributed by atoms with Gasteiger partial charge in [0.1, 0.15) is 6.61 Å². The second-order valence-corrected chi connectivity index (χ2v) is 4.68. The Balaban J connectivity index is 0.00000324. The molecule has 1 rings (SSSR count). The molecule has 0 atom stereocenters. The van der Waals surface area contributed by atoms with E-state index in [0.717, 1.165) is 0 Å². The van der Waals surface area contributed by atoms with Gasteiger partial charge >= 0.3 is 0 Å². The highest BCUT2D eigenvalue weighted by molar-refractivity contribution is 6.40. The van der Waals surface area contributed by atoms with Crippen molar-refractivity contribution in [1.82, 2.24) is 10.6 Å². The Morgan fingerprint density at radius 1 is 1.26 bits per heavy atom. The molecular weight excluding hydrogens is 334 g/mol. The first kappa shape index (κ1) is 18.6. The number of hydrogen-bond acceptors (Lipinski definition) is 3. The Bertz CT molecular complexity index is 406. The van der Waals surface area contributed by atoms with Crippen molar-refractivity contribution in [2.45, 2.75) is 0 Å². The van der Waals surface area contributed by atoms with Gasteiger partial charge in [-0.05, 0) is 19.2 Å². The van der Waals surface area contributed by atoms with Crippen molar-refractivity contribution in [2.75, 3.05) is 26.7 Å². The molecule has 0 fully saturated rings. The van der Waals surface area contributed by atoms with E-state index in [-0.39, 0.29) is 31.5 Å². The zero-order valence-corrected chi connectivity index (χ0v) is 13.2. The van der Waals surface area contributed by atoms with Crippen LogP contribution in [0, 0.1) is 0 Å². The van der Waals surface area contributed by atoms with Gasteiger partial charge in [0, 0.05) is 5.02 Å². The van der Waals surface area contributed by atoms with Gasteiger partial charge in [0.25, 0.3) is 0 Å². The van der Waals surface area contributed by atoms with Crippen LogP contribution in [0.4, 0.5) is 0 Å². The van der Waals surface area contributed by atoms with E-state index in [1.165, 1.54) is 0 Å². The average Bonchev–Trinajstić information content (AvgIpc) is 2.27. The van der Waals surface area contributed by atoms with Crippen molar-refractivity contribution in [2.24, 2.45) is 0 Å². The van der Waals surface area contributed by atoms with Crippen LogP contribution in [-0.4, -0.2) is 32.7 Å². The maximum atomic E-state index is 11.1. The van der Waals surface area contributed by atoms with Crippen molar-refractivity contribution >= 4 is 53.1 Å². The molecule has 1 aromatic rings. The molecule has 0 saturated carbocycles. The number of halogens is 4. The minimum atomic E-state index is -0.102. The minimum absolute atomic E-state index is 0. The van der Waals surface area contributed by atoms with Gasteiger partial charge in [0.2, 0.25) is 5.91 Å². The Kier molecular flexibility index (Phi) is 9.31. The molecule has 0 saturated heterocycles. The molecule has 108 valence electrons. The van der Waals surface area contributed by atoms with Crippen LogP contribution in [0.1, 0.15) is 0 Å². The molecule has 0 aromatic heterocycles. The molecule has 1 aromatic carbocycles. The van der Waals surface area contributed by atoms with Gasteiger partial charge in [-0.3, -0.25) is 4.79 Å². The maximum Gasteiger partial charge on any atom is 0.234 e. The summed E-state index contributed by atoms with van der Waals surface area (Å²) in [6, 6.07) is 3.09. The molecular formula is C11H14Cl4N2O2. The summed E-state index contributed by atoms with van der Waals surface area (Å²) in [7, 11) is 1.70. The lowest BCUT2D eigenvalue weighted by Crippen LogP contribution is -2.34. The van der Waals surface area contributed by atoms with Gasteiger partial charge in [-0.25, -0.2) is 0 Å². The van der Waals surface area contributed by atoms with Gasteiger partial charge in [0.15, 0.2) is 5.75 Å². The summed E-state index contributed by atoms with van der Waals surface area (Å²) < 4.78 is 5.39. The van der Waals surface area contributed by atoms with Crippen molar-refractivity contribution < 1.29 is 9.53 Å². The summed E-state index contributed by atoms with van der Waals surface area (Å²) in [5.41, 5.74) is 0. The largest absolute Gasteiger partial charge is 0.489 e. The van der Waals surface area contributed by atoms with E-state index in [0.29, 0.717) is 27.4 Å². The molecule has 4 nitrogen and oxygen atoms in total. The quantitative estimate of drug-likeness (QED) is 0.778. The molecule has 0 aliphatic carbocycles. The van der Waals surface area contributed by atoms with Crippen molar-refractivity contribution in [3.05, 3.63) is 27.2 Å². The first-order valence-electron chi connectivity index (χ1n) is 5.23. The highest BCUT2D eigenvalue weighted by atomic mass is 35.5. The average molecular weight is 348 g/mol. The predicted octanol–water partition coefficient (Wildman–Crippen LogP) is 2.78. The highest BCUT2D eigenvalue weighted by Gasteiger charge is 2.09. The van der Waals surface area contributed by atoms with Gasteiger partial charge in [-0.15, -0.1) is 12.4 Å².